The number of methoxy groups -OCH3 is 1. The molecular weight excluding hydrogens is 430 g/mol. The van der Waals surface area contributed by atoms with E-state index in [1.54, 1.807) is 23.7 Å². The molecule has 0 bridgehead atoms. The third kappa shape index (κ3) is 3.96. The average Bonchev–Trinajstić information content (AvgIpc) is 3.38. The molecule has 4 aromatic rings. The van der Waals surface area contributed by atoms with E-state index in [4.69, 9.17) is 9.72 Å². The molecule has 1 aliphatic rings. The van der Waals surface area contributed by atoms with Gasteiger partial charge in [-0.15, -0.1) is 0 Å². The second-order valence-electron chi connectivity index (χ2n) is 8.37. The summed E-state index contributed by atoms with van der Waals surface area (Å²) in [5.41, 5.74) is 6.89. The van der Waals surface area contributed by atoms with Crippen molar-refractivity contribution in [1.82, 2.24) is 29.9 Å². The minimum Gasteiger partial charge on any atom is -0.494 e. The summed E-state index contributed by atoms with van der Waals surface area (Å²) in [5, 5.41) is 16.4. The van der Waals surface area contributed by atoms with Gasteiger partial charge in [0.05, 0.1) is 53.4 Å². The maximum atomic E-state index is 12.9. The molecule has 3 aromatic heterocycles. The van der Waals surface area contributed by atoms with E-state index in [-0.39, 0.29) is 5.91 Å². The molecule has 1 N–H and O–H groups in total. The maximum absolute atomic E-state index is 12.9. The van der Waals surface area contributed by atoms with Crippen LogP contribution in [0.4, 0.5) is 11.4 Å². The van der Waals surface area contributed by atoms with Gasteiger partial charge in [0.2, 0.25) is 0 Å². The van der Waals surface area contributed by atoms with Gasteiger partial charge in [0.25, 0.3) is 5.91 Å². The number of anilines is 2. The highest BCUT2D eigenvalue weighted by atomic mass is 16.5. The van der Waals surface area contributed by atoms with Crippen molar-refractivity contribution in [2.24, 2.45) is 7.05 Å². The first-order valence-corrected chi connectivity index (χ1v) is 10.9. The van der Waals surface area contributed by atoms with Crippen molar-refractivity contribution in [1.29, 1.82) is 0 Å². The molecule has 9 heteroatoms. The van der Waals surface area contributed by atoms with Gasteiger partial charge >= 0.3 is 0 Å². The summed E-state index contributed by atoms with van der Waals surface area (Å²) in [6.45, 7) is 2.36. The van der Waals surface area contributed by atoms with Crippen LogP contribution in [0.5, 0.6) is 5.75 Å². The van der Waals surface area contributed by atoms with E-state index in [9.17, 15) is 4.79 Å². The zero-order valence-corrected chi connectivity index (χ0v) is 19.5. The Balaban J connectivity index is 1.56. The number of benzene rings is 1. The first-order valence-electron chi connectivity index (χ1n) is 10.9. The molecular formula is C25H25N7O2. The summed E-state index contributed by atoms with van der Waals surface area (Å²) in [4.78, 5) is 19.4. The van der Waals surface area contributed by atoms with Crippen molar-refractivity contribution < 1.29 is 9.53 Å². The summed E-state index contributed by atoms with van der Waals surface area (Å²) in [5.74, 6) is 0.586. The number of rotatable bonds is 6. The third-order valence-electron chi connectivity index (χ3n) is 5.79. The molecule has 0 aliphatic carbocycles. The largest absolute Gasteiger partial charge is 0.494 e. The SMILES string of the molecule is COc1c(Nc2cc(Cc3ccc(C)nn3)nc3c2C(=O)N(C)C3)cccc1-c1ccn(C)n1. The zero-order valence-electron chi connectivity index (χ0n) is 19.5. The average molecular weight is 456 g/mol. The highest BCUT2D eigenvalue weighted by Crippen LogP contribution is 2.39. The van der Waals surface area contributed by atoms with Crippen LogP contribution in [0.15, 0.2) is 48.7 Å². The van der Waals surface area contributed by atoms with Gasteiger partial charge in [-0.05, 0) is 43.3 Å². The summed E-state index contributed by atoms with van der Waals surface area (Å²) in [6, 6.07) is 13.5. The van der Waals surface area contributed by atoms with E-state index >= 15 is 0 Å². The zero-order chi connectivity index (χ0) is 23.8. The molecule has 0 saturated carbocycles. The van der Waals surface area contributed by atoms with E-state index in [2.05, 4.69) is 20.6 Å². The summed E-state index contributed by atoms with van der Waals surface area (Å²) in [7, 11) is 5.28. The monoisotopic (exact) mass is 455 g/mol. The lowest BCUT2D eigenvalue weighted by molar-refractivity contribution is 0.0817. The molecule has 9 nitrogen and oxygen atoms in total. The molecule has 34 heavy (non-hydrogen) atoms. The number of nitrogens with zero attached hydrogens (tertiary/aromatic N) is 6. The van der Waals surface area contributed by atoms with Crippen molar-refractivity contribution in [3.05, 3.63) is 77.0 Å². The Bertz CT molecular complexity index is 1380. The number of hydrogen-bond acceptors (Lipinski definition) is 7. The molecule has 0 fully saturated rings. The predicted octanol–water partition coefficient (Wildman–Crippen LogP) is 3.51. The molecule has 0 spiro atoms. The van der Waals surface area contributed by atoms with Crippen molar-refractivity contribution in [3.63, 3.8) is 0 Å². The normalized spacial score (nSPS) is 12.7. The highest BCUT2D eigenvalue weighted by molar-refractivity contribution is 6.03. The molecule has 5 rings (SSSR count). The number of para-hydroxylation sites is 1. The molecule has 172 valence electrons. The number of aromatic nitrogens is 5. The Labute approximate surface area is 197 Å². The number of carbonyl (C=O) groups excluding carboxylic acids is 1. The van der Waals surface area contributed by atoms with Crippen LogP contribution >= 0.6 is 0 Å². The molecule has 4 heterocycles. The van der Waals surface area contributed by atoms with Gasteiger partial charge in [0, 0.05) is 38.0 Å². The standard InChI is InChI=1S/C25H25N7O2/c1-15-8-9-16(29-28-15)12-17-13-21(23-22(26-17)14-31(2)25(23)33)27-20-7-5-6-18(24(20)34-4)19-10-11-32(3)30-19/h5-11,13H,12,14H2,1-4H3,(H,26,27). The first kappa shape index (κ1) is 21.6. The Morgan fingerprint density at radius 1 is 1.06 bits per heavy atom. The molecule has 0 atom stereocenters. The van der Waals surface area contributed by atoms with Gasteiger partial charge in [-0.1, -0.05) is 6.07 Å². The van der Waals surface area contributed by atoms with Crippen LogP contribution in [0.3, 0.4) is 0 Å². The molecule has 0 radical (unpaired) electrons. The van der Waals surface area contributed by atoms with Gasteiger partial charge in [0.15, 0.2) is 5.75 Å². The van der Waals surface area contributed by atoms with Gasteiger partial charge in [-0.2, -0.15) is 15.3 Å². The van der Waals surface area contributed by atoms with Gasteiger partial charge in [-0.3, -0.25) is 14.5 Å². The number of ether oxygens (including phenoxy) is 1. The Kier molecular flexibility index (Phi) is 5.45. The second kappa shape index (κ2) is 8.58. The fourth-order valence-corrected chi connectivity index (χ4v) is 4.15. The highest BCUT2D eigenvalue weighted by Gasteiger charge is 2.30. The molecule has 0 unspecified atom stereocenters. The topological polar surface area (TPSA) is 98.1 Å². The van der Waals surface area contributed by atoms with E-state index in [1.165, 1.54) is 0 Å². The van der Waals surface area contributed by atoms with Crippen LogP contribution in [-0.4, -0.2) is 49.9 Å². The lowest BCUT2D eigenvalue weighted by atomic mass is 10.1. The summed E-state index contributed by atoms with van der Waals surface area (Å²) >= 11 is 0. The molecule has 1 amide bonds. The summed E-state index contributed by atoms with van der Waals surface area (Å²) < 4.78 is 7.53. The Morgan fingerprint density at radius 2 is 1.91 bits per heavy atom. The van der Waals surface area contributed by atoms with Gasteiger partial charge in [0.1, 0.15) is 0 Å². The maximum Gasteiger partial charge on any atom is 0.257 e. The smallest absolute Gasteiger partial charge is 0.257 e. The van der Waals surface area contributed by atoms with E-state index in [1.807, 2.05) is 62.6 Å². The van der Waals surface area contributed by atoms with Crippen molar-refractivity contribution in [2.75, 3.05) is 19.5 Å². The number of carbonyl (C=O) groups is 1. The lowest BCUT2D eigenvalue weighted by Gasteiger charge is -2.16. The van der Waals surface area contributed by atoms with Crippen LogP contribution < -0.4 is 10.1 Å². The van der Waals surface area contributed by atoms with Crippen LogP contribution in [0, 0.1) is 6.92 Å². The number of pyridine rings is 1. The molecule has 1 aromatic carbocycles. The van der Waals surface area contributed by atoms with Crippen LogP contribution in [0.2, 0.25) is 0 Å². The van der Waals surface area contributed by atoms with Crippen LogP contribution in [0.1, 0.15) is 33.1 Å². The minimum atomic E-state index is -0.0634. The number of nitrogens with one attached hydrogen (secondary N) is 1. The van der Waals surface area contributed by atoms with E-state index < -0.39 is 0 Å². The van der Waals surface area contributed by atoms with E-state index in [0.717, 1.165) is 39.7 Å². The third-order valence-corrected chi connectivity index (χ3v) is 5.79. The van der Waals surface area contributed by atoms with Crippen molar-refractivity contribution in [2.45, 2.75) is 19.9 Å². The lowest BCUT2D eigenvalue weighted by Crippen LogP contribution is -2.18. The first-order chi connectivity index (χ1) is 16.4. The quantitative estimate of drug-likeness (QED) is 0.475. The fourth-order valence-electron chi connectivity index (χ4n) is 4.15. The van der Waals surface area contributed by atoms with E-state index in [0.29, 0.717) is 30.0 Å². The number of hydrogen-bond donors (Lipinski definition) is 1. The molecule has 1 aliphatic heterocycles. The number of aryl methyl sites for hydroxylation is 2. The van der Waals surface area contributed by atoms with Crippen molar-refractivity contribution >= 4 is 17.3 Å². The fraction of sp³-hybridized carbons (Fsp3) is 0.240. The predicted molar refractivity (Wildman–Crippen MR) is 128 cm³/mol. The van der Waals surface area contributed by atoms with Gasteiger partial charge in [-0.25, -0.2) is 0 Å². The summed E-state index contributed by atoms with van der Waals surface area (Å²) in [6.07, 6.45) is 2.40. The Hall–Kier alpha value is -4.27. The van der Waals surface area contributed by atoms with Crippen LogP contribution in [-0.2, 0) is 20.0 Å². The van der Waals surface area contributed by atoms with Crippen LogP contribution in [0.25, 0.3) is 11.3 Å². The minimum absolute atomic E-state index is 0.0634. The van der Waals surface area contributed by atoms with Crippen molar-refractivity contribution in [3.8, 4) is 17.0 Å². The number of amides is 1. The van der Waals surface area contributed by atoms with Gasteiger partial charge < -0.3 is 15.0 Å². The second-order valence-corrected chi connectivity index (χ2v) is 8.37. The number of fused-ring (bicyclic) bond motifs is 1. The molecule has 0 saturated heterocycles. The Morgan fingerprint density at radius 3 is 2.62 bits per heavy atom.